The molecule has 0 saturated heterocycles. The van der Waals surface area contributed by atoms with E-state index in [9.17, 15) is 9.59 Å². The molecule has 6 heteroatoms. The first-order valence-electron chi connectivity index (χ1n) is 6.68. The number of amides is 2. The molecule has 2 N–H and O–H groups in total. The van der Waals surface area contributed by atoms with E-state index in [1.165, 1.54) is 16.2 Å². The van der Waals surface area contributed by atoms with Crippen LogP contribution in [0.15, 0.2) is 12.1 Å². The zero-order valence-electron chi connectivity index (χ0n) is 12.5. The van der Waals surface area contributed by atoms with Gasteiger partial charge in [-0.2, -0.15) is 0 Å². The molecule has 1 heterocycles. The van der Waals surface area contributed by atoms with Gasteiger partial charge in [0.2, 0.25) is 5.91 Å². The second-order valence-corrected chi connectivity index (χ2v) is 5.91. The molecular weight excluding hydrogens is 288 g/mol. The fourth-order valence-electron chi connectivity index (χ4n) is 1.57. The van der Waals surface area contributed by atoms with Gasteiger partial charge in [-0.1, -0.05) is 11.8 Å². The van der Waals surface area contributed by atoms with E-state index in [1.807, 2.05) is 13.8 Å². The van der Waals surface area contributed by atoms with E-state index >= 15 is 0 Å². The van der Waals surface area contributed by atoms with Crippen molar-refractivity contribution in [2.75, 3.05) is 20.2 Å². The maximum absolute atomic E-state index is 12.2. The van der Waals surface area contributed by atoms with Crippen molar-refractivity contribution < 1.29 is 14.7 Å². The lowest BCUT2D eigenvalue weighted by Crippen LogP contribution is -2.40. The van der Waals surface area contributed by atoms with Crippen LogP contribution in [-0.2, 0) is 4.79 Å². The normalized spacial score (nSPS) is 9.95. The Hall–Kier alpha value is -1.84. The average molecular weight is 308 g/mol. The summed E-state index contributed by atoms with van der Waals surface area (Å²) in [5, 5.41) is 11.4. The lowest BCUT2D eigenvalue weighted by molar-refractivity contribution is -0.122. The molecule has 0 atom stereocenters. The zero-order chi connectivity index (χ0) is 15.8. The maximum Gasteiger partial charge on any atom is 0.264 e. The average Bonchev–Trinajstić information content (AvgIpc) is 2.85. The van der Waals surface area contributed by atoms with Gasteiger partial charge in [0.05, 0.1) is 22.9 Å². The summed E-state index contributed by atoms with van der Waals surface area (Å²) in [5.74, 6) is 5.31. The minimum atomic E-state index is -0.200. The van der Waals surface area contributed by atoms with Crippen molar-refractivity contribution in [2.24, 2.45) is 0 Å². The van der Waals surface area contributed by atoms with Crippen molar-refractivity contribution in [3.8, 4) is 11.8 Å². The number of hydrogen-bond donors (Lipinski definition) is 2. The van der Waals surface area contributed by atoms with Crippen LogP contribution in [0.1, 0.15) is 34.8 Å². The molecule has 114 valence electrons. The van der Waals surface area contributed by atoms with Gasteiger partial charge in [-0.25, -0.2) is 0 Å². The first-order chi connectivity index (χ1) is 9.93. The van der Waals surface area contributed by atoms with Crippen molar-refractivity contribution in [2.45, 2.75) is 26.3 Å². The van der Waals surface area contributed by atoms with Gasteiger partial charge in [0.25, 0.3) is 5.91 Å². The Morgan fingerprint density at radius 2 is 2.14 bits per heavy atom. The van der Waals surface area contributed by atoms with Crippen molar-refractivity contribution in [3.63, 3.8) is 0 Å². The molecule has 0 aliphatic carbocycles. The molecule has 0 aliphatic heterocycles. The highest BCUT2D eigenvalue weighted by atomic mass is 32.1. The van der Waals surface area contributed by atoms with Crippen LogP contribution >= 0.6 is 11.3 Å². The van der Waals surface area contributed by atoms with Crippen LogP contribution in [0.3, 0.4) is 0 Å². The fraction of sp³-hybridized carbons (Fsp3) is 0.467. The maximum atomic E-state index is 12.2. The van der Waals surface area contributed by atoms with E-state index in [0.717, 1.165) is 4.88 Å². The van der Waals surface area contributed by atoms with Crippen LogP contribution in [0.5, 0.6) is 0 Å². The van der Waals surface area contributed by atoms with Gasteiger partial charge in [0.15, 0.2) is 0 Å². The summed E-state index contributed by atoms with van der Waals surface area (Å²) < 4.78 is 0. The third-order valence-corrected chi connectivity index (χ3v) is 3.43. The van der Waals surface area contributed by atoms with E-state index in [2.05, 4.69) is 17.2 Å². The number of rotatable bonds is 5. The van der Waals surface area contributed by atoms with Crippen LogP contribution in [0, 0.1) is 11.8 Å². The van der Waals surface area contributed by atoms with Crippen LogP contribution in [-0.4, -0.2) is 48.1 Å². The second-order valence-electron chi connectivity index (χ2n) is 4.82. The van der Waals surface area contributed by atoms with Crippen molar-refractivity contribution in [1.82, 2.24) is 10.2 Å². The molecule has 0 aromatic carbocycles. The predicted molar refractivity (Wildman–Crippen MR) is 83.1 cm³/mol. The smallest absolute Gasteiger partial charge is 0.264 e. The molecule has 1 aromatic rings. The molecular formula is C15H20N2O3S. The number of aliphatic hydroxyl groups is 1. The molecule has 2 amide bonds. The Morgan fingerprint density at radius 1 is 1.43 bits per heavy atom. The Bertz CT molecular complexity index is 555. The highest BCUT2D eigenvalue weighted by molar-refractivity contribution is 7.14. The summed E-state index contributed by atoms with van der Waals surface area (Å²) in [4.78, 5) is 26.5. The van der Waals surface area contributed by atoms with Gasteiger partial charge in [-0.3, -0.25) is 9.59 Å². The van der Waals surface area contributed by atoms with E-state index in [4.69, 9.17) is 5.11 Å². The SMILES string of the molecule is CC(C)NC(=O)CN(C)C(=O)c1ccc(C#CCCO)s1. The van der Waals surface area contributed by atoms with E-state index in [1.54, 1.807) is 19.2 Å². The lowest BCUT2D eigenvalue weighted by atomic mass is 10.3. The standard InChI is InChI=1S/C15H20N2O3S/c1-11(2)16-14(19)10-17(3)15(20)13-8-7-12(21-13)6-4-5-9-18/h7-8,11,18H,5,9-10H2,1-3H3,(H,16,19). The number of likely N-dealkylation sites (N-methyl/N-ethyl adjacent to an activating group) is 1. The Balaban J connectivity index is 2.63. The largest absolute Gasteiger partial charge is 0.395 e. The highest BCUT2D eigenvalue weighted by Crippen LogP contribution is 2.17. The molecule has 1 aromatic heterocycles. The molecule has 0 bridgehead atoms. The molecule has 0 aliphatic rings. The summed E-state index contributed by atoms with van der Waals surface area (Å²) in [5.41, 5.74) is 0. The van der Waals surface area contributed by atoms with Gasteiger partial charge in [-0.15, -0.1) is 11.3 Å². The van der Waals surface area contributed by atoms with E-state index in [0.29, 0.717) is 11.3 Å². The van der Waals surface area contributed by atoms with Gasteiger partial charge in [0.1, 0.15) is 0 Å². The molecule has 0 radical (unpaired) electrons. The molecule has 5 nitrogen and oxygen atoms in total. The summed E-state index contributed by atoms with van der Waals surface area (Å²) in [7, 11) is 1.60. The second kappa shape index (κ2) is 8.45. The molecule has 0 spiro atoms. The van der Waals surface area contributed by atoms with Crippen molar-refractivity contribution >= 4 is 23.2 Å². The Morgan fingerprint density at radius 3 is 2.76 bits per heavy atom. The quantitative estimate of drug-likeness (QED) is 0.800. The first-order valence-corrected chi connectivity index (χ1v) is 7.50. The van der Waals surface area contributed by atoms with Gasteiger partial charge in [-0.05, 0) is 26.0 Å². The van der Waals surface area contributed by atoms with E-state index in [-0.39, 0.29) is 31.0 Å². The van der Waals surface area contributed by atoms with Crippen LogP contribution in [0.4, 0.5) is 0 Å². The minimum Gasteiger partial charge on any atom is -0.395 e. The number of thiophene rings is 1. The number of carbonyl (C=O) groups is 2. The number of carbonyl (C=O) groups excluding carboxylic acids is 2. The zero-order valence-corrected chi connectivity index (χ0v) is 13.3. The molecule has 0 unspecified atom stereocenters. The number of hydrogen-bond acceptors (Lipinski definition) is 4. The third-order valence-electron chi connectivity index (χ3n) is 2.44. The van der Waals surface area contributed by atoms with Crippen LogP contribution < -0.4 is 5.32 Å². The third kappa shape index (κ3) is 5.98. The monoisotopic (exact) mass is 308 g/mol. The number of nitrogens with one attached hydrogen (secondary N) is 1. The Kier molecular flexibility index (Phi) is 6.92. The molecule has 0 fully saturated rings. The molecule has 21 heavy (non-hydrogen) atoms. The fourth-order valence-corrected chi connectivity index (χ4v) is 2.44. The summed E-state index contributed by atoms with van der Waals surface area (Å²) in [6.45, 7) is 3.80. The van der Waals surface area contributed by atoms with Crippen molar-refractivity contribution in [1.29, 1.82) is 0 Å². The molecule has 0 saturated carbocycles. The summed E-state index contributed by atoms with van der Waals surface area (Å²) in [6, 6.07) is 3.52. The minimum absolute atomic E-state index is 0.0257. The number of aliphatic hydroxyl groups excluding tert-OH is 1. The van der Waals surface area contributed by atoms with Crippen molar-refractivity contribution in [3.05, 3.63) is 21.9 Å². The summed E-state index contributed by atoms with van der Waals surface area (Å²) >= 11 is 1.28. The lowest BCUT2D eigenvalue weighted by Gasteiger charge is -2.17. The first kappa shape index (κ1) is 17.2. The molecule has 1 rings (SSSR count). The van der Waals surface area contributed by atoms with Crippen LogP contribution in [0.2, 0.25) is 0 Å². The topological polar surface area (TPSA) is 69.6 Å². The van der Waals surface area contributed by atoms with Gasteiger partial charge in [0, 0.05) is 19.5 Å². The highest BCUT2D eigenvalue weighted by Gasteiger charge is 2.16. The van der Waals surface area contributed by atoms with Crippen LogP contribution in [0.25, 0.3) is 0 Å². The predicted octanol–water partition coefficient (Wildman–Crippen LogP) is 1.08. The Labute approximate surface area is 129 Å². The van der Waals surface area contributed by atoms with Gasteiger partial charge < -0.3 is 15.3 Å². The van der Waals surface area contributed by atoms with E-state index < -0.39 is 0 Å². The number of nitrogens with zero attached hydrogens (tertiary/aromatic N) is 1. The summed E-state index contributed by atoms with van der Waals surface area (Å²) in [6.07, 6.45) is 0.413. The van der Waals surface area contributed by atoms with Gasteiger partial charge >= 0.3 is 0 Å².